The predicted octanol–water partition coefficient (Wildman–Crippen LogP) is 2.77. The van der Waals surface area contributed by atoms with Crippen LogP contribution in [0.5, 0.6) is 5.75 Å². The fourth-order valence-corrected chi connectivity index (χ4v) is 3.64. The average molecular weight is 381 g/mol. The minimum Gasteiger partial charge on any atom is -0.491 e. The van der Waals surface area contributed by atoms with E-state index in [1.54, 1.807) is 12.1 Å². The molecule has 2 fully saturated rings. The van der Waals surface area contributed by atoms with E-state index >= 15 is 0 Å². The summed E-state index contributed by atoms with van der Waals surface area (Å²) in [7, 11) is 0. The first kappa shape index (κ1) is 19.1. The maximum Gasteiger partial charge on any atom is 0.138 e. The van der Waals surface area contributed by atoms with Crippen LogP contribution >= 0.6 is 35.6 Å². The highest BCUT2D eigenvalue weighted by Crippen LogP contribution is 2.27. The Morgan fingerprint density at radius 3 is 2.61 bits per heavy atom. The Morgan fingerprint density at radius 2 is 1.96 bits per heavy atom. The van der Waals surface area contributed by atoms with Crippen LogP contribution in [0.4, 0.5) is 0 Å². The van der Waals surface area contributed by atoms with E-state index in [0.717, 1.165) is 45.3 Å². The maximum absolute atomic E-state index is 6.11. The topological polar surface area (TPSA) is 27.7 Å². The van der Waals surface area contributed by atoms with Crippen LogP contribution in [0.2, 0.25) is 10.0 Å². The van der Waals surface area contributed by atoms with E-state index in [4.69, 9.17) is 27.9 Å². The fraction of sp³-hybridized carbons (Fsp3) is 0.625. The van der Waals surface area contributed by atoms with Crippen molar-refractivity contribution in [3.8, 4) is 5.75 Å². The van der Waals surface area contributed by atoms with Gasteiger partial charge in [0.25, 0.3) is 0 Å². The molecule has 1 aromatic rings. The number of nitrogens with one attached hydrogen (secondary N) is 1. The molecule has 7 heteroatoms. The third-order valence-corrected chi connectivity index (χ3v) is 5.05. The van der Waals surface area contributed by atoms with Gasteiger partial charge in [-0.2, -0.15) is 0 Å². The van der Waals surface area contributed by atoms with Crippen LogP contribution in [0.3, 0.4) is 0 Å². The van der Waals surface area contributed by atoms with Gasteiger partial charge in [0.05, 0.1) is 5.02 Å². The second kappa shape index (κ2) is 9.30. The zero-order valence-electron chi connectivity index (χ0n) is 13.1. The molecule has 130 valence electrons. The van der Waals surface area contributed by atoms with Crippen LogP contribution in [0.25, 0.3) is 0 Å². The fourth-order valence-electron chi connectivity index (χ4n) is 3.18. The maximum atomic E-state index is 6.11. The van der Waals surface area contributed by atoms with Crippen LogP contribution in [-0.2, 0) is 0 Å². The summed E-state index contributed by atoms with van der Waals surface area (Å²) in [5.74, 6) is 0.710. The lowest BCUT2D eigenvalue weighted by Gasteiger charge is -2.37. The zero-order chi connectivity index (χ0) is 15.4. The van der Waals surface area contributed by atoms with Crippen molar-refractivity contribution in [1.29, 1.82) is 0 Å². The highest BCUT2D eigenvalue weighted by Gasteiger charge is 2.25. The number of rotatable bonds is 5. The largest absolute Gasteiger partial charge is 0.491 e. The molecule has 1 unspecified atom stereocenters. The Kier molecular flexibility index (Phi) is 7.73. The number of piperazine rings is 1. The molecule has 0 bridgehead atoms. The van der Waals surface area contributed by atoms with Crippen molar-refractivity contribution in [1.82, 2.24) is 15.1 Å². The number of hydrogen-bond acceptors (Lipinski definition) is 4. The van der Waals surface area contributed by atoms with Crippen molar-refractivity contribution in [2.45, 2.75) is 12.5 Å². The SMILES string of the molecule is Cl.Clc1ccc(OCCN2CCN(C3CCNC3)CC2)c(Cl)c1. The summed E-state index contributed by atoms with van der Waals surface area (Å²) >= 11 is 12.0. The van der Waals surface area contributed by atoms with Gasteiger partial charge in [-0.25, -0.2) is 0 Å². The lowest BCUT2D eigenvalue weighted by atomic mass is 10.2. The van der Waals surface area contributed by atoms with E-state index in [2.05, 4.69) is 15.1 Å². The first-order valence-electron chi connectivity index (χ1n) is 7.97. The predicted molar refractivity (Wildman–Crippen MR) is 98.5 cm³/mol. The molecule has 2 heterocycles. The second-order valence-electron chi connectivity index (χ2n) is 5.95. The van der Waals surface area contributed by atoms with Gasteiger partial charge in [0.2, 0.25) is 0 Å². The number of benzene rings is 1. The number of halogens is 3. The van der Waals surface area contributed by atoms with Crippen LogP contribution in [-0.4, -0.2) is 68.3 Å². The number of ether oxygens (including phenoxy) is 1. The molecule has 0 radical (unpaired) electrons. The monoisotopic (exact) mass is 379 g/mol. The smallest absolute Gasteiger partial charge is 0.138 e. The van der Waals surface area contributed by atoms with Gasteiger partial charge in [-0.15, -0.1) is 12.4 Å². The van der Waals surface area contributed by atoms with Gasteiger partial charge in [0.15, 0.2) is 0 Å². The summed E-state index contributed by atoms with van der Waals surface area (Å²) in [6.07, 6.45) is 1.29. The Bertz CT molecular complexity index is 489. The van der Waals surface area contributed by atoms with Crippen molar-refractivity contribution < 1.29 is 4.74 Å². The molecule has 2 aliphatic heterocycles. The molecular weight excluding hydrogens is 357 g/mol. The molecule has 0 amide bonds. The summed E-state index contributed by atoms with van der Waals surface area (Å²) in [6, 6.07) is 6.09. The summed E-state index contributed by atoms with van der Waals surface area (Å²) in [6.45, 7) is 8.48. The Balaban J connectivity index is 0.00000192. The van der Waals surface area contributed by atoms with Crippen LogP contribution < -0.4 is 10.1 Å². The molecule has 3 rings (SSSR count). The first-order chi connectivity index (χ1) is 10.7. The van der Waals surface area contributed by atoms with Gasteiger partial charge >= 0.3 is 0 Å². The van der Waals surface area contributed by atoms with E-state index in [-0.39, 0.29) is 12.4 Å². The molecule has 2 saturated heterocycles. The highest BCUT2D eigenvalue weighted by molar-refractivity contribution is 6.35. The Hall–Kier alpha value is -0.230. The summed E-state index contributed by atoms with van der Waals surface area (Å²) in [4.78, 5) is 5.08. The Morgan fingerprint density at radius 1 is 1.17 bits per heavy atom. The van der Waals surface area contributed by atoms with Gasteiger partial charge in [-0.05, 0) is 31.2 Å². The van der Waals surface area contributed by atoms with Crippen molar-refractivity contribution in [3.05, 3.63) is 28.2 Å². The van der Waals surface area contributed by atoms with E-state index in [0.29, 0.717) is 22.4 Å². The molecule has 0 aliphatic carbocycles. The van der Waals surface area contributed by atoms with Gasteiger partial charge in [-0.3, -0.25) is 9.80 Å². The van der Waals surface area contributed by atoms with E-state index in [1.165, 1.54) is 13.0 Å². The molecule has 1 N–H and O–H groups in total. The van der Waals surface area contributed by atoms with E-state index < -0.39 is 0 Å². The van der Waals surface area contributed by atoms with Crippen molar-refractivity contribution >= 4 is 35.6 Å². The average Bonchev–Trinajstić information content (AvgIpc) is 3.04. The minimum atomic E-state index is 0. The third-order valence-electron chi connectivity index (χ3n) is 4.52. The van der Waals surface area contributed by atoms with Crippen LogP contribution in [0.1, 0.15) is 6.42 Å². The number of hydrogen-bond donors (Lipinski definition) is 1. The standard InChI is InChI=1S/C16H23Cl2N3O.ClH/c17-13-1-2-16(15(18)11-13)22-10-9-20-5-7-21(8-6-20)14-3-4-19-12-14;/h1-2,11,14,19H,3-10,12H2;1H. The lowest BCUT2D eigenvalue weighted by Crippen LogP contribution is -2.51. The third kappa shape index (κ3) is 5.38. The molecule has 23 heavy (non-hydrogen) atoms. The van der Waals surface area contributed by atoms with Gasteiger partial charge in [0.1, 0.15) is 12.4 Å². The van der Waals surface area contributed by atoms with Gasteiger partial charge in [0, 0.05) is 50.3 Å². The molecule has 1 atom stereocenters. The molecule has 0 aromatic heterocycles. The lowest BCUT2D eigenvalue weighted by molar-refractivity contribution is 0.0921. The van der Waals surface area contributed by atoms with E-state index in [1.807, 2.05) is 6.07 Å². The molecule has 2 aliphatic rings. The van der Waals surface area contributed by atoms with Crippen molar-refractivity contribution in [2.75, 3.05) is 52.4 Å². The zero-order valence-corrected chi connectivity index (χ0v) is 15.5. The van der Waals surface area contributed by atoms with E-state index in [9.17, 15) is 0 Å². The molecular formula is C16H24Cl3N3O. The summed E-state index contributed by atoms with van der Waals surface area (Å²) in [5.41, 5.74) is 0. The molecule has 1 aromatic carbocycles. The van der Waals surface area contributed by atoms with Gasteiger partial charge < -0.3 is 10.1 Å². The summed E-state index contributed by atoms with van der Waals surface area (Å²) < 4.78 is 5.77. The van der Waals surface area contributed by atoms with Gasteiger partial charge in [-0.1, -0.05) is 23.2 Å². The van der Waals surface area contributed by atoms with Crippen molar-refractivity contribution in [3.63, 3.8) is 0 Å². The minimum absolute atomic E-state index is 0. The highest BCUT2D eigenvalue weighted by atomic mass is 35.5. The van der Waals surface area contributed by atoms with Crippen LogP contribution in [0.15, 0.2) is 18.2 Å². The van der Waals surface area contributed by atoms with Crippen LogP contribution in [0, 0.1) is 0 Å². The second-order valence-corrected chi connectivity index (χ2v) is 6.79. The normalized spacial score (nSPS) is 22.8. The molecule has 4 nitrogen and oxygen atoms in total. The Labute approximate surface area is 154 Å². The summed E-state index contributed by atoms with van der Waals surface area (Å²) in [5, 5.41) is 4.65. The molecule has 0 spiro atoms. The quantitative estimate of drug-likeness (QED) is 0.850. The first-order valence-corrected chi connectivity index (χ1v) is 8.73. The van der Waals surface area contributed by atoms with Crippen molar-refractivity contribution in [2.24, 2.45) is 0 Å². The molecule has 0 saturated carbocycles. The number of nitrogens with zero attached hydrogens (tertiary/aromatic N) is 2.